The lowest BCUT2D eigenvalue weighted by atomic mass is 10.1. The van der Waals surface area contributed by atoms with E-state index in [1.54, 1.807) is 0 Å². The van der Waals surface area contributed by atoms with Gasteiger partial charge in [-0.15, -0.1) is 23.5 Å². The van der Waals surface area contributed by atoms with Gasteiger partial charge in [-0.1, -0.05) is 0 Å². The van der Waals surface area contributed by atoms with Gasteiger partial charge in [0.2, 0.25) is 0 Å². The van der Waals surface area contributed by atoms with E-state index in [9.17, 15) is 19.8 Å². The monoisotopic (exact) mass is 336 g/mol. The van der Waals surface area contributed by atoms with E-state index >= 15 is 0 Å². The Morgan fingerprint density at radius 1 is 0.909 bits per heavy atom. The normalized spacial score (nSPS) is 9.73. The fourth-order valence-electron chi connectivity index (χ4n) is 1.55. The van der Waals surface area contributed by atoms with E-state index < -0.39 is 11.9 Å². The van der Waals surface area contributed by atoms with Crippen LogP contribution in [0.2, 0.25) is 0 Å². The summed E-state index contributed by atoms with van der Waals surface area (Å²) in [6.45, 7) is 0. The van der Waals surface area contributed by atoms with Gasteiger partial charge in [-0.3, -0.25) is 0 Å². The van der Waals surface area contributed by atoms with Gasteiger partial charge in [0.1, 0.15) is 0 Å². The van der Waals surface area contributed by atoms with Crippen LogP contribution in [0.25, 0.3) is 0 Å². The first-order valence-corrected chi connectivity index (χ1v) is 8.12. The first-order valence-electron chi connectivity index (χ1n) is 6.15. The van der Waals surface area contributed by atoms with Crippen molar-refractivity contribution in [3.8, 4) is 12.1 Å². The number of carboxylic acid groups (broad SMARTS) is 2. The molecule has 0 saturated carbocycles. The number of hydrogen-bond acceptors (Lipinski definition) is 6. The molecular formula is C14H12N2O4S2. The van der Waals surface area contributed by atoms with Gasteiger partial charge in [-0.2, -0.15) is 10.5 Å². The van der Waals surface area contributed by atoms with Gasteiger partial charge in [-0.25, -0.2) is 9.59 Å². The van der Waals surface area contributed by atoms with Crippen LogP contribution in [0.3, 0.4) is 0 Å². The van der Waals surface area contributed by atoms with Gasteiger partial charge in [0.25, 0.3) is 0 Å². The minimum Gasteiger partial charge on any atom is -0.478 e. The van der Waals surface area contributed by atoms with Crippen molar-refractivity contribution in [3.63, 3.8) is 0 Å². The van der Waals surface area contributed by atoms with Crippen molar-refractivity contribution in [2.24, 2.45) is 0 Å². The highest BCUT2D eigenvalue weighted by Crippen LogP contribution is 2.32. The van der Waals surface area contributed by atoms with Crippen LogP contribution >= 0.6 is 23.5 Å². The van der Waals surface area contributed by atoms with Gasteiger partial charge in [0.15, 0.2) is 0 Å². The molecule has 0 fully saturated rings. The number of thioether (sulfide) groups is 2. The fraction of sp³-hybridized carbons (Fsp3) is 0.286. The lowest BCUT2D eigenvalue weighted by Crippen LogP contribution is -2.06. The van der Waals surface area contributed by atoms with Gasteiger partial charge < -0.3 is 10.2 Å². The summed E-state index contributed by atoms with van der Waals surface area (Å²) in [5, 5.41) is 35.6. The van der Waals surface area contributed by atoms with Gasteiger partial charge in [0, 0.05) is 34.1 Å². The van der Waals surface area contributed by atoms with Gasteiger partial charge in [-0.05, 0) is 12.1 Å². The number of nitriles is 2. The highest BCUT2D eigenvalue weighted by molar-refractivity contribution is 7.99. The summed E-state index contributed by atoms with van der Waals surface area (Å²) < 4.78 is 0. The number of rotatable bonds is 8. The Labute approximate surface area is 135 Å². The average Bonchev–Trinajstić information content (AvgIpc) is 2.47. The second-order valence-corrected chi connectivity index (χ2v) is 6.24. The fourth-order valence-corrected chi connectivity index (χ4v) is 3.38. The summed E-state index contributed by atoms with van der Waals surface area (Å²) in [6, 6.07) is 6.54. The molecule has 0 radical (unpaired) electrons. The number of benzene rings is 1. The molecule has 0 aliphatic carbocycles. The molecule has 0 aromatic heterocycles. The average molecular weight is 336 g/mol. The Kier molecular flexibility index (Phi) is 7.30. The second kappa shape index (κ2) is 8.98. The van der Waals surface area contributed by atoms with E-state index in [0.29, 0.717) is 21.3 Å². The van der Waals surface area contributed by atoms with E-state index in [1.165, 1.54) is 12.1 Å². The third kappa shape index (κ3) is 4.99. The predicted octanol–water partition coefficient (Wildman–Crippen LogP) is 3.09. The maximum Gasteiger partial charge on any atom is 0.336 e. The molecule has 0 saturated heterocycles. The summed E-state index contributed by atoms with van der Waals surface area (Å²) in [5.41, 5.74) is 0.0137. The Bertz CT molecular complexity index is 604. The number of nitrogens with zero attached hydrogens (tertiary/aromatic N) is 2. The molecule has 0 aliphatic rings. The summed E-state index contributed by atoms with van der Waals surface area (Å²) in [7, 11) is 0. The van der Waals surface area contributed by atoms with Crippen LogP contribution < -0.4 is 0 Å². The Morgan fingerprint density at radius 2 is 1.27 bits per heavy atom. The highest BCUT2D eigenvalue weighted by Gasteiger charge is 2.19. The van der Waals surface area contributed by atoms with Crippen LogP contribution in [0.15, 0.2) is 21.9 Å². The number of carboxylic acids is 2. The molecule has 0 heterocycles. The van der Waals surface area contributed by atoms with E-state index in [-0.39, 0.29) is 24.0 Å². The quantitative estimate of drug-likeness (QED) is 0.548. The first-order chi connectivity index (χ1) is 10.5. The van der Waals surface area contributed by atoms with Crippen LogP contribution in [0.5, 0.6) is 0 Å². The van der Waals surface area contributed by atoms with Crippen LogP contribution in [0, 0.1) is 22.7 Å². The third-order valence-electron chi connectivity index (χ3n) is 2.49. The molecule has 8 heteroatoms. The molecular weight excluding hydrogens is 324 g/mol. The van der Waals surface area contributed by atoms with E-state index in [2.05, 4.69) is 0 Å². The molecule has 114 valence electrons. The molecule has 2 N–H and O–H groups in total. The summed E-state index contributed by atoms with van der Waals surface area (Å²) in [4.78, 5) is 23.3. The number of carbonyl (C=O) groups is 2. The lowest BCUT2D eigenvalue weighted by Gasteiger charge is -2.11. The first kappa shape index (κ1) is 17.9. The second-order valence-electron chi connectivity index (χ2n) is 3.97. The molecule has 1 aromatic carbocycles. The van der Waals surface area contributed by atoms with Crippen LogP contribution in [-0.2, 0) is 0 Å². The highest BCUT2D eigenvalue weighted by atomic mass is 32.2. The Balaban J connectivity index is 3.20. The zero-order chi connectivity index (χ0) is 16.5. The van der Waals surface area contributed by atoms with Crippen molar-refractivity contribution in [1.82, 2.24) is 0 Å². The standard InChI is InChI=1S/C14H12N2O4S2/c15-3-1-5-21-11-7-10(14(19)20)12(22-6-2-4-16)8-9(11)13(17)18/h7-8H,1-2,5-6H2,(H,17,18)(H,19,20). The third-order valence-corrected chi connectivity index (χ3v) is 4.60. The molecule has 0 unspecified atom stereocenters. The maximum atomic E-state index is 11.3. The van der Waals surface area contributed by atoms with Crippen molar-refractivity contribution in [2.45, 2.75) is 22.6 Å². The summed E-state index contributed by atoms with van der Waals surface area (Å²) >= 11 is 2.28. The zero-order valence-corrected chi connectivity index (χ0v) is 13.0. The molecule has 22 heavy (non-hydrogen) atoms. The summed E-state index contributed by atoms with van der Waals surface area (Å²) in [5.74, 6) is -1.54. The SMILES string of the molecule is N#CCCSc1cc(C(=O)O)c(SCCC#N)cc1C(=O)O. The van der Waals surface area contributed by atoms with Crippen molar-refractivity contribution in [2.75, 3.05) is 11.5 Å². The van der Waals surface area contributed by atoms with E-state index in [0.717, 1.165) is 23.5 Å². The molecule has 1 aromatic rings. The molecule has 1 rings (SSSR count). The van der Waals surface area contributed by atoms with Crippen molar-refractivity contribution >= 4 is 35.5 Å². The smallest absolute Gasteiger partial charge is 0.336 e. The van der Waals surface area contributed by atoms with Crippen molar-refractivity contribution in [1.29, 1.82) is 10.5 Å². The van der Waals surface area contributed by atoms with E-state index in [1.807, 2.05) is 12.1 Å². The van der Waals surface area contributed by atoms with E-state index in [4.69, 9.17) is 10.5 Å². The number of aromatic carboxylic acids is 2. The van der Waals surface area contributed by atoms with Gasteiger partial charge in [0.05, 0.1) is 23.3 Å². The molecule has 0 amide bonds. The van der Waals surface area contributed by atoms with Crippen molar-refractivity contribution in [3.05, 3.63) is 23.3 Å². The topological polar surface area (TPSA) is 122 Å². The molecule has 0 spiro atoms. The molecule has 0 aliphatic heterocycles. The molecule has 0 atom stereocenters. The van der Waals surface area contributed by atoms with Crippen LogP contribution in [0.4, 0.5) is 0 Å². The minimum absolute atomic E-state index is 0.00685. The Hall–Kier alpha value is -2.16. The largest absolute Gasteiger partial charge is 0.478 e. The van der Waals surface area contributed by atoms with Gasteiger partial charge >= 0.3 is 11.9 Å². The maximum absolute atomic E-state index is 11.3. The Morgan fingerprint density at radius 3 is 1.55 bits per heavy atom. The van der Waals surface area contributed by atoms with Crippen LogP contribution in [0.1, 0.15) is 33.6 Å². The van der Waals surface area contributed by atoms with Crippen LogP contribution in [-0.4, -0.2) is 33.7 Å². The lowest BCUT2D eigenvalue weighted by molar-refractivity contribution is 0.0675. The summed E-state index contributed by atoms with van der Waals surface area (Å²) in [6.07, 6.45) is 0.482. The zero-order valence-electron chi connectivity index (χ0n) is 11.4. The number of hydrogen-bond donors (Lipinski definition) is 2. The molecule has 6 nitrogen and oxygen atoms in total. The predicted molar refractivity (Wildman–Crippen MR) is 82.3 cm³/mol. The molecule has 0 bridgehead atoms. The minimum atomic E-state index is -1.15. The van der Waals surface area contributed by atoms with Crippen molar-refractivity contribution < 1.29 is 19.8 Å².